The third kappa shape index (κ3) is 5.69. The minimum Gasteiger partial charge on any atom is -0.450 e. The number of carbonyl (C=O) groups excluding carboxylic acids is 1. The van der Waals surface area contributed by atoms with Gasteiger partial charge in [-0.15, -0.1) is 0 Å². The first kappa shape index (κ1) is 17.5. The Kier molecular flexibility index (Phi) is 5.80. The van der Waals surface area contributed by atoms with Crippen molar-refractivity contribution in [1.82, 2.24) is 14.9 Å². The monoisotopic (exact) mass is 320 g/mol. The largest absolute Gasteiger partial charge is 0.450 e. The number of likely N-dealkylation sites (tertiary alicyclic amines) is 1. The van der Waals surface area contributed by atoms with Crippen molar-refractivity contribution < 1.29 is 9.53 Å². The van der Waals surface area contributed by atoms with Gasteiger partial charge in [-0.2, -0.15) is 0 Å². The fourth-order valence-corrected chi connectivity index (χ4v) is 2.75. The summed E-state index contributed by atoms with van der Waals surface area (Å²) in [5, 5.41) is 3.47. The first-order chi connectivity index (χ1) is 10.9. The van der Waals surface area contributed by atoms with Gasteiger partial charge >= 0.3 is 6.09 Å². The van der Waals surface area contributed by atoms with E-state index in [1.54, 1.807) is 11.2 Å². The first-order valence-corrected chi connectivity index (χ1v) is 8.36. The van der Waals surface area contributed by atoms with E-state index >= 15 is 0 Å². The summed E-state index contributed by atoms with van der Waals surface area (Å²) in [4.78, 5) is 22.1. The third-order valence-electron chi connectivity index (χ3n) is 3.81. The average Bonchev–Trinajstić information content (AvgIpc) is 2.47. The van der Waals surface area contributed by atoms with E-state index in [0.717, 1.165) is 43.9 Å². The molecule has 1 aromatic rings. The molecule has 0 atom stereocenters. The molecule has 1 saturated heterocycles. The SMILES string of the molecule is CCOC(=O)N1CCC(Nc2cc(CC(C)(C)C)ncn2)CC1. The van der Waals surface area contributed by atoms with Gasteiger partial charge in [-0.25, -0.2) is 14.8 Å². The summed E-state index contributed by atoms with van der Waals surface area (Å²) >= 11 is 0. The summed E-state index contributed by atoms with van der Waals surface area (Å²) < 4.78 is 5.04. The standard InChI is InChI=1S/C17H28N4O2/c1-5-23-16(22)21-8-6-13(7-9-21)20-15-10-14(18-12-19-15)11-17(2,3)4/h10,12-13H,5-9,11H2,1-4H3,(H,18,19,20). The average molecular weight is 320 g/mol. The van der Waals surface area contributed by atoms with Crippen molar-refractivity contribution in [3.8, 4) is 0 Å². The van der Waals surface area contributed by atoms with Crippen molar-refractivity contribution >= 4 is 11.9 Å². The molecule has 2 rings (SSSR count). The Morgan fingerprint density at radius 3 is 2.65 bits per heavy atom. The maximum absolute atomic E-state index is 11.7. The highest BCUT2D eigenvalue weighted by molar-refractivity contribution is 5.67. The fourth-order valence-electron chi connectivity index (χ4n) is 2.75. The normalized spacial score (nSPS) is 16.3. The van der Waals surface area contributed by atoms with Gasteiger partial charge in [0.05, 0.1) is 6.61 Å². The van der Waals surface area contributed by atoms with E-state index < -0.39 is 0 Å². The molecule has 0 unspecified atom stereocenters. The van der Waals surface area contributed by atoms with Gasteiger partial charge in [0.1, 0.15) is 12.1 Å². The molecular formula is C17H28N4O2. The summed E-state index contributed by atoms with van der Waals surface area (Å²) in [5.41, 5.74) is 1.26. The molecule has 1 fully saturated rings. The van der Waals surface area contributed by atoms with E-state index in [0.29, 0.717) is 12.6 Å². The number of rotatable bonds is 4. The molecule has 1 aliphatic heterocycles. The smallest absolute Gasteiger partial charge is 0.409 e. The van der Waals surface area contributed by atoms with Crippen LogP contribution in [0.1, 0.15) is 46.2 Å². The predicted molar refractivity (Wildman–Crippen MR) is 90.4 cm³/mol. The predicted octanol–water partition coefficient (Wildman–Crippen LogP) is 3.10. The van der Waals surface area contributed by atoms with Gasteiger partial charge in [0.25, 0.3) is 0 Å². The summed E-state index contributed by atoms with van der Waals surface area (Å²) in [6.45, 7) is 10.3. The first-order valence-electron chi connectivity index (χ1n) is 8.36. The second-order valence-electron chi connectivity index (χ2n) is 7.24. The van der Waals surface area contributed by atoms with Crippen LogP contribution in [0.2, 0.25) is 0 Å². The van der Waals surface area contributed by atoms with Gasteiger partial charge in [-0.05, 0) is 31.6 Å². The van der Waals surface area contributed by atoms with Gasteiger partial charge < -0.3 is 15.0 Å². The van der Waals surface area contributed by atoms with Crippen LogP contribution in [-0.2, 0) is 11.2 Å². The van der Waals surface area contributed by atoms with E-state index in [4.69, 9.17) is 4.74 Å². The number of piperidine rings is 1. The molecule has 1 amide bonds. The molecule has 0 aromatic carbocycles. The summed E-state index contributed by atoms with van der Waals surface area (Å²) in [6.07, 6.45) is 4.14. The zero-order valence-corrected chi connectivity index (χ0v) is 14.6. The Morgan fingerprint density at radius 1 is 1.35 bits per heavy atom. The minimum absolute atomic E-state index is 0.205. The number of ether oxygens (including phenoxy) is 1. The Morgan fingerprint density at radius 2 is 2.04 bits per heavy atom. The van der Waals surface area contributed by atoms with Crippen molar-refractivity contribution in [1.29, 1.82) is 0 Å². The molecule has 1 aromatic heterocycles. The van der Waals surface area contributed by atoms with Gasteiger partial charge in [0.15, 0.2) is 0 Å². The number of amides is 1. The molecule has 1 aliphatic rings. The third-order valence-corrected chi connectivity index (χ3v) is 3.81. The molecule has 0 saturated carbocycles. The van der Waals surface area contributed by atoms with Crippen LogP contribution in [0.25, 0.3) is 0 Å². The lowest BCUT2D eigenvalue weighted by Crippen LogP contribution is -2.42. The van der Waals surface area contributed by atoms with Gasteiger partial charge in [0, 0.05) is 30.9 Å². The highest BCUT2D eigenvalue weighted by Gasteiger charge is 2.23. The number of nitrogens with one attached hydrogen (secondary N) is 1. The van der Waals surface area contributed by atoms with E-state index in [9.17, 15) is 4.79 Å². The molecule has 2 heterocycles. The molecule has 0 spiro atoms. The molecule has 0 radical (unpaired) electrons. The molecule has 6 nitrogen and oxygen atoms in total. The fraction of sp³-hybridized carbons (Fsp3) is 0.706. The quantitative estimate of drug-likeness (QED) is 0.923. The lowest BCUT2D eigenvalue weighted by molar-refractivity contribution is 0.0983. The van der Waals surface area contributed by atoms with Crippen LogP contribution in [0.3, 0.4) is 0 Å². The van der Waals surface area contributed by atoms with Gasteiger partial charge in [0.2, 0.25) is 0 Å². The Bertz CT molecular complexity index is 520. The summed E-state index contributed by atoms with van der Waals surface area (Å²) in [7, 11) is 0. The number of anilines is 1. The maximum atomic E-state index is 11.7. The van der Waals surface area contributed by atoms with Crippen LogP contribution in [0.15, 0.2) is 12.4 Å². The second kappa shape index (κ2) is 7.62. The number of hydrogen-bond acceptors (Lipinski definition) is 5. The van der Waals surface area contributed by atoms with E-state index in [1.165, 1.54) is 0 Å². The van der Waals surface area contributed by atoms with Crippen LogP contribution < -0.4 is 5.32 Å². The zero-order valence-electron chi connectivity index (χ0n) is 14.6. The highest BCUT2D eigenvalue weighted by atomic mass is 16.6. The topological polar surface area (TPSA) is 67.3 Å². The maximum Gasteiger partial charge on any atom is 0.409 e. The van der Waals surface area contributed by atoms with Crippen LogP contribution in [0.5, 0.6) is 0 Å². The van der Waals surface area contributed by atoms with E-state index in [1.807, 2.05) is 13.0 Å². The number of carbonyl (C=O) groups is 1. The van der Waals surface area contributed by atoms with Gasteiger partial charge in [-0.3, -0.25) is 0 Å². The number of nitrogens with zero attached hydrogens (tertiary/aromatic N) is 3. The number of aromatic nitrogens is 2. The van der Waals surface area contributed by atoms with Crippen molar-refractivity contribution in [2.24, 2.45) is 5.41 Å². The van der Waals surface area contributed by atoms with Crippen LogP contribution in [0, 0.1) is 5.41 Å². The minimum atomic E-state index is -0.208. The summed E-state index contributed by atoms with van der Waals surface area (Å²) in [6, 6.07) is 2.36. The zero-order chi connectivity index (χ0) is 16.9. The van der Waals surface area contributed by atoms with Crippen LogP contribution >= 0.6 is 0 Å². The lowest BCUT2D eigenvalue weighted by Gasteiger charge is -2.31. The molecule has 128 valence electrons. The Labute approximate surface area is 138 Å². The van der Waals surface area contributed by atoms with Crippen molar-refractivity contribution in [2.75, 3.05) is 25.0 Å². The molecule has 0 bridgehead atoms. The number of hydrogen-bond donors (Lipinski definition) is 1. The summed E-state index contributed by atoms with van der Waals surface area (Å²) in [5.74, 6) is 0.869. The molecule has 0 aliphatic carbocycles. The van der Waals surface area contributed by atoms with E-state index in [2.05, 4.69) is 36.1 Å². The Balaban J connectivity index is 1.87. The van der Waals surface area contributed by atoms with Crippen molar-refractivity contribution in [3.05, 3.63) is 18.1 Å². The highest BCUT2D eigenvalue weighted by Crippen LogP contribution is 2.21. The lowest BCUT2D eigenvalue weighted by atomic mass is 9.90. The van der Waals surface area contributed by atoms with Gasteiger partial charge in [-0.1, -0.05) is 20.8 Å². The Hall–Kier alpha value is -1.85. The second-order valence-corrected chi connectivity index (χ2v) is 7.24. The molecule has 6 heteroatoms. The molecule has 1 N–H and O–H groups in total. The van der Waals surface area contributed by atoms with Crippen molar-refractivity contribution in [3.63, 3.8) is 0 Å². The van der Waals surface area contributed by atoms with E-state index in [-0.39, 0.29) is 11.5 Å². The molecule has 23 heavy (non-hydrogen) atoms. The van der Waals surface area contributed by atoms with Crippen LogP contribution in [-0.4, -0.2) is 46.7 Å². The van der Waals surface area contributed by atoms with Crippen molar-refractivity contribution in [2.45, 2.75) is 53.0 Å². The molecular weight excluding hydrogens is 292 g/mol. The van der Waals surface area contributed by atoms with Crippen LogP contribution in [0.4, 0.5) is 10.6 Å².